The molecule has 0 aliphatic heterocycles. The highest BCUT2D eigenvalue weighted by molar-refractivity contribution is 7.89. The molecule has 0 saturated carbocycles. The number of nitrogens with one attached hydrogen (secondary N) is 1. The maximum atomic E-state index is 12.7. The molecule has 0 fully saturated rings. The first-order valence-electron chi connectivity index (χ1n) is 8.92. The number of halogens is 1. The molecular formula is C20H25ClN2O3S. The predicted molar refractivity (Wildman–Crippen MR) is 108 cm³/mol. The average Bonchev–Trinajstić information content (AvgIpc) is 2.65. The molecule has 0 aromatic heterocycles. The Labute approximate surface area is 166 Å². The molecule has 2 aromatic rings. The van der Waals surface area contributed by atoms with Gasteiger partial charge in [-0.05, 0) is 49.6 Å². The molecule has 7 heteroatoms. The normalized spacial score (nSPS) is 12.7. The molecule has 0 heterocycles. The fourth-order valence-electron chi connectivity index (χ4n) is 2.70. The third kappa shape index (κ3) is 6.34. The van der Waals surface area contributed by atoms with Crippen LogP contribution in [0.4, 0.5) is 0 Å². The molecule has 2 aromatic carbocycles. The van der Waals surface area contributed by atoms with Crippen LogP contribution in [-0.2, 0) is 21.2 Å². The second-order valence-electron chi connectivity index (χ2n) is 6.38. The van der Waals surface area contributed by atoms with Gasteiger partial charge < -0.3 is 5.32 Å². The molecule has 2 rings (SSSR count). The summed E-state index contributed by atoms with van der Waals surface area (Å²) in [5.74, 6) is -0.310. The van der Waals surface area contributed by atoms with Crippen LogP contribution in [0.1, 0.15) is 25.8 Å². The van der Waals surface area contributed by atoms with Gasteiger partial charge in [0.25, 0.3) is 0 Å². The fourth-order valence-corrected chi connectivity index (χ4v) is 4.23. The number of amides is 1. The summed E-state index contributed by atoms with van der Waals surface area (Å²) in [7, 11) is -3.74. The van der Waals surface area contributed by atoms with E-state index in [4.69, 9.17) is 11.6 Å². The summed E-state index contributed by atoms with van der Waals surface area (Å²) in [6, 6.07) is 15.9. The first-order valence-corrected chi connectivity index (χ1v) is 10.7. The zero-order valence-electron chi connectivity index (χ0n) is 15.6. The molecule has 0 unspecified atom stereocenters. The summed E-state index contributed by atoms with van der Waals surface area (Å²) in [4.78, 5) is 12.5. The van der Waals surface area contributed by atoms with E-state index in [2.05, 4.69) is 5.32 Å². The van der Waals surface area contributed by atoms with E-state index >= 15 is 0 Å². The lowest BCUT2D eigenvalue weighted by Gasteiger charge is -2.21. The molecule has 0 bridgehead atoms. The van der Waals surface area contributed by atoms with Gasteiger partial charge in [0.2, 0.25) is 15.9 Å². The Balaban J connectivity index is 1.92. The Morgan fingerprint density at radius 1 is 1.11 bits per heavy atom. The first-order chi connectivity index (χ1) is 12.8. The van der Waals surface area contributed by atoms with Crippen LogP contribution < -0.4 is 5.32 Å². The van der Waals surface area contributed by atoms with E-state index in [-0.39, 0.29) is 29.9 Å². The number of carbonyl (C=O) groups excluding carboxylic acids is 1. The van der Waals surface area contributed by atoms with Crippen LogP contribution >= 0.6 is 11.6 Å². The van der Waals surface area contributed by atoms with Crippen LogP contribution in [0.5, 0.6) is 0 Å². The monoisotopic (exact) mass is 408 g/mol. The Kier molecular flexibility index (Phi) is 7.83. The summed E-state index contributed by atoms with van der Waals surface area (Å²) >= 11 is 5.82. The highest BCUT2D eigenvalue weighted by atomic mass is 35.5. The standard InChI is InChI=1S/C20H25ClN2O3S/c1-3-23(27(25,26)19-13-11-18(21)12-14-19)15-20(24)22-16(2)9-10-17-7-5-4-6-8-17/h4-8,11-14,16H,3,9-10,15H2,1-2H3,(H,22,24)/t16-/m1/s1. The fraction of sp³-hybridized carbons (Fsp3) is 0.350. The second-order valence-corrected chi connectivity index (χ2v) is 8.75. The molecule has 0 aliphatic carbocycles. The Bertz CT molecular complexity index is 839. The van der Waals surface area contributed by atoms with Crippen LogP contribution in [0.2, 0.25) is 5.02 Å². The summed E-state index contributed by atoms with van der Waals surface area (Å²) in [6.07, 6.45) is 1.63. The van der Waals surface area contributed by atoms with Crippen LogP contribution in [0.15, 0.2) is 59.5 Å². The average molecular weight is 409 g/mol. The minimum Gasteiger partial charge on any atom is -0.352 e. The lowest BCUT2D eigenvalue weighted by atomic mass is 10.1. The first kappa shape index (κ1) is 21.4. The van der Waals surface area contributed by atoms with E-state index in [0.29, 0.717) is 5.02 Å². The maximum Gasteiger partial charge on any atom is 0.243 e. The van der Waals surface area contributed by atoms with Crippen molar-refractivity contribution in [2.45, 2.75) is 37.6 Å². The van der Waals surface area contributed by atoms with Gasteiger partial charge in [-0.15, -0.1) is 0 Å². The van der Waals surface area contributed by atoms with Gasteiger partial charge in [-0.3, -0.25) is 4.79 Å². The largest absolute Gasteiger partial charge is 0.352 e. The Hall–Kier alpha value is -1.89. The number of carbonyl (C=O) groups is 1. The van der Waals surface area contributed by atoms with Crippen LogP contribution in [-0.4, -0.2) is 37.8 Å². The summed E-state index contributed by atoms with van der Waals surface area (Å²) in [6.45, 7) is 3.62. The molecule has 1 amide bonds. The van der Waals surface area contributed by atoms with Gasteiger partial charge in [0.15, 0.2) is 0 Å². The number of rotatable bonds is 9. The minimum atomic E-state index is -3.74. The highest BCUT2D eigenvalue weighted by Gasteiger charge is 2.25. The molecule has 0 spiro atoms. The number of hydrogen-bond donors (Lipinski definition) is 1. The third-order valence-corrected chi connectivity index (χ3v) is 6.43. The third-order valence-electron chi connectivity index (χ3n) is 4.24. The smallest absolute Gasteiger partial charge is 0.243 e. The molecular weight excluding hydrogens is 384 g/mol. The van der Waals surface area contributed by atoms with E-state index in [1.807, 2.05) is 37.3 Å². The van der Waals surface area contributed by atoms with Gasteiger partial charge in [-0.1, -0.05) is 48.9 Å². The molecule has 27 heavy (non-hydrogen) atoms. The van der Waals surface area contributed by atoms with Crippen molar-refractivity contribution >= 4 is 27.5 Å². The van der Waals surface area contributed by atoms with Gasteiger partial charge in [-0.2, -0.15) is 4.31 Å². The number of benzene rings is 2. The number of hydrogen-bond acceptors (Lipinski definition) is 3. The number of sulfonamides is 1. The van der Waals surface area contributed by atoms with Crippen molar-refractivity contribution in [3.05, 3.63) is 65.2 Å². The SMILES string of the molecule is CCN(CC(=O)N[C@H](C)CCc1ccccc1)S(=O)(=O)c1ccc(Cl)cc1. The molecule has 0 aliphatic rings. The Morgan fingerprint density at radius 2 is 1.74 bits per heavy atom. The van der Waals surface area contributed by atoms with E-state index in [1.165, 1.54) is 29.8 Å². The minimum absolute atomic E-state index is 0.0466. The lowest BCUT2D eigenvalue weighted by molar-refractivity contribution is -0.121. The van der Waals surface area contributed by atoms with Crippen molar-refractivity contribution in [3.63, 3.8) is 0 Å². The Morgan fingerprint density at radius 3 is 2.33 bits per heavy atom. The molecule has 0 saturated heterocycles. The van der Waals surface area contributed by atoms with Gasteiger partial charge in [0.05, 0.1) is 11.4 Å². The zero-order chi connectivity index (χ0) is 19.9. The van der Waals surface area contributed by atoms with E-state index in [0.717, 1.165) is 17.1 Å². The molecule has 5 nitrogen and oxygen atoms in total. The van der Waals surface area contributed by atoms with Crippen molar-refractivity contribution in [1.82, 2.24) is 9.62 Å². The van der Waals surface area contributed by atoms with Crippen molar-refractivity contribution in [2.24, 2.45) is 0 Å². The molecule has 0 radical (unpaired) electrons. The number of likely N-dealkylation sites (N-methyl/N-ethyl adjacent to an activating group) is 1. The van der Waals surface area contributed by atoms with E-state index < -0.39 is 10.0 Å². The summed E-state index contributed by atoms with van der Waals surface area (Å²) in [5, 5.41) is 3.34. The van der Waals surface area contributed by atoms with Crippen LogP contribution in [0.3, 0.4) is 0 Å². The molecule has 1 N–H and O–H groups in total. The number of nitrogens with zero attached hydrogens (tertiary/aromatic N) is 1. The lowest BCUT2D eigenvalue weighted by Crippen LogP contribution is -2.43. The van der Waals surface area contributed by atoms with Crippen LogP contribution in [0, 0.1) is 0 Å². The van der Waals surface area contributed by atoms with Crippen molar-refractivity contribution < 1.29 is 13.2 Å². The summed E-state index contributed by atoms with van der Waals surface area (Å²) in [5.41, 5.74) is 1.21. The van der Waals surface area contributed by atoms with Crippen molar-refractivity contribution in [1.29, 1.82) is 0 Å². The zero-order valence-corrected chi connectivity index (χ0v) is 17.1. The van der Waals surface area contributed by atoms with Gasteiger partial charge in [-0.25, -0.2) is 8.42 Å². The van der Waals surface area contributed by atoms with E-state index in [1.54, 1.807) is 6.92 Å². The van der Waals surface area contributed by atoms with E-state index in [9.17, 15) is 13.2 Å². The summed E-state index contributed by atoms with van der Waals surface area (Å²) < 4.78 is 26.6. The molecule has 146 valence electrons. The predicted octanol–water partition coefficient (Wildman–Crippen LogP) is 3.49. The quantitative estimate of drug-likeness (QED) is 0.690. The van der Waals surface area contributed by atoms with Crippen LogP contribution in [0.25, 0.3) is 0 Å². The molecule has 1 atom stereocenters. The number of aryl methyl sites for hydroxylation is 1. The van der Waals surface area contributed by atoms with Gasteiger partial charge >= 0.3 is 0 Å². The topological polar surface area (TPSA) is 66.5 Å². The van der Waals surface area contributed by atoms with Crippen molar-refractivity contribution in [2.75, 3.05) is 13.1 Å². The second kappa shape index (κ2) is 9.88. The van der Waals surface area contributed by atoms with Gasteiger partial charge in [0, 0.05) is 17.6 Å². The highest BCUT2D eigenvalue weighted by Crippen LogP contribution is 2.18. The maximum absolute atomic E-state index is 12.7. The van der Waals surface area contributed by atoms with Gasteiger partial charge in [0.1, 0.15) is 0 Å². The van der Waals surface area contributed by atoms with Crippen molar-refractivity contribution in [3.8, 4) is 0 Å².